The molecule has 1 unspecified atom stereocenters. The Bertz CT molecular complexity index is 1010. The van der Waals surface area contributed by atoms with Gasteiger partial charge in [-0.05, 0) is 30.0 Å². The van der Waals surface area contributed by atoms with Crippen LogP contribution in [0.4, 0.5) is 0 Å². The smallest absolute Gasteiger partial charge is 0.273 e. The second-order valence-electron chi connectivity index (χ2n) is 7.59. The van der Waals surface area contributed by atoms with Gasteiger partial charge in [0.25, 0.3) is 5.91 Å². The average molecular weight is 443 g/mol. The molecule has 0 radical (unpaired) electrons. The first-order valence-corrected chi connectivity index (χ1v) is 11.5. The van der Waals surface area contributed by atoms with Crippen molar-refractivity contribution in [2.45, 2.75) is 12.5 Å². The molecule has 2 aliphatic rings. The minimum absolute atomic E-state index is 0.0260. The number of ether oxygens (including phenoxy) is 1. The van der Waals surface area contributed by atoms with Crippen LogP contribution in [0.25, 0.3) is 11.3 Å². The summed E-state index contributed by atoms with van der Waals surface area (Å²) in [5.41, 5.74) is 3.35. The molecule has 4 heterocycles. The number of halogens is 1. The third-order valence-corrected chi connectivity index (χ3v) is 6.95. The molecule has 2 aliphatic heterocycles. The average Bonchev–Trinajstić information content (AvgIpc) is 3.49. The number of amides is 1. The van der Waals surface area contributed by atoms with E-state index in [1.165, 1.54) is 0 Å². The predicted octanol–water partition coefficient (Wildman–Crippen LogP) is 4.06. The number of rotatable bonds is 6. The van der Waals surface area contributed by atoms with Gasteiger partial charge in [0, 0.05) is 47.2 Å². The largest absolute Gasteiger partial charge is 0.379 e. The van der Waals surface area contributed by atoms with Gasteiger partial charge in [-0.15, -0.1) is 11.3 Å². The maximum absolute atomic E-state index is 13.3. The number of carbonyl (C=O) groups excluding carboxylic acids is 1. The summed E-state index contributed by atoms with van der Waals surface area (Å²) in [5, 5.41) is 10.3. The maximum atomic E-state index is 13.3. The lowest BCUT2D eigenvalue weighted by atomic mass is 10.0. The van der Waals surface area contributed by atoms with Gasteiger partial charge in [0.1, 0.15) is 5.69 Å². The van der Waals surface area contributed by atoms with Gasteiger partial charge in [0.05, 0.1) is 24.9 Å². The number of fused-ring (bicyclic) bond motifs is 1. The van der Waals surface area contributed by atoms with Crippen LogP contribution < -0.4 is 0 Å². The topological polar surface area (TPSA) is 61.5 Å². The third-order valence-electron chi connectivity index (χ3n) is 5.77. The number of thiophene rings is 1. The fraction of sp³-hybridized carbons (Fsp3) is 0.364. The van der Waals surface area contributed by atoms with Gasteiger partial charge in [0.15, 0.2) is 0 Å². The minimum atomic E-state index is -0.110. The van der Waals surface area contributed by atoms with Gasteiger partial charge in [-0.1, -0.05) is 29.8 Å². The number of nitrogens with zero attached hydrogens (tertiary/aromatic N) is 3. The first kappa shape index (κ1) is 19.8. The molecule has 156 valence electrons. The van der Waals surface area contributed by atoms with Crippen molar-refractivity contribution in [1.29, 1.82) is 0 Å². The third kappa shape index (κ3) is 3.67. The lowest BCUT2D eigenvalue weighted by Gasteiger charge is -2.29. The molecule has 5 rings (SSSR count). The number of hydrogen-bond acceptors (Lipinski definition) is 5. The number of hydrogen-bond donors (Lipinski definition) is 1. The van der Waals surface area contributed by atoms with E-state index < -0.39 is 0 Å². The normalized spacial score (nSPS) is 19.4. The van der Waals surface area contributed by atoms with E-state index in [9.17, 15) is 4.79 Å². The molecule has 0 saturated carbocycles. The molecule has 1 aromatic carbocycles. The molecule has 3 aromatic rings. The van der Waals surface area contributed by atoms with E-state index in [1.807, 2.05) is 35.2 Å². The van der Waals surface area contributed by atoms with Gasteiger partial charge < -0.3 is 9.64 Å². The quantitative estimate of drug-likeness (QED) is 0.625. The highest BCUT2D eigenvalue weighted by molar-refractivity contribution is 7.10. The summed E-state index contributed by atoms with van der Waals surface area (Å²) < 4.78 is 5.43. The Morgan fingerprint density at radius 3 is 2.70 bits per heavy atom. The lowest BCUT2D eigenvalue weighted by molar-refractivity contribution is 0.0354. The van der Waals surface area contributed by atoms with Crippen molar-refractivity contribution >= 4 is 28.8 Å². The van der Waals surface area contributed by atoms with E-state index in [0.29, 0.717) is 17.3 Å². The summed E-state index contributed by atoms with van der Waals surface area (Å²) in [5.74, 6) is 0.0260. The number of aromatic amines is 1. The Balaban J connectivity index is 1.43. The van der Waals surface area contributed by atoms with E-state index >= 15 is 0 Å². The molecular formula is C22H23ClN4O2S. The molecule has 2 aromatic heterocycles. The first-order chi connectivity index (χ1) is 14.7. The van der Waals surface area contributed by atoms with Crippen molar-refractivity contribution in [1.82, 2.24) is 20.0 Å². The highest BCUT2D eigenvalue weighted by atomic mass is 35.5. The molecule has 1 N–H and O–H groups in total. The van der Waals surface area contributed by atoms with Crippen LogP contribution in [0.3, 0.4) is 0 Å². The summed E-state index contributed by atoms with van der Waals surface area (Å²) in [4.78, 5) is 18.8. The number of aromatic nitrogens is 2. The molecule has 6 nitrogen and oxygen atoms in total. The molecule has 1 amide bonds. The molecular weight excluding hydrogens is 420 g/mol. The number of carbonyl (C=O) groups is 1. The molecule has 0 aliphatic carbocycles. The van der Waals surface area contributed by atoms with Crippen molar-refractivity contribution in [3.05, 3.63) is 62.9 Å². The molecule has 0 bridgehead atoms. The van der Waals surface area contributed by atoms with Crippen LogP contribution in [-0.4, -0.2) is 65.3 Å². The number of morpholine rings is 1. The van der Waals surface area contributed by atoms with E-state index in [2.05, 4.69) is 26.5 Å². The lowest BCUT2D eigenvalue weighted by Crippen LogP contribution is -2.38. The van der Waals surface area contributed by atoms with Crippen LogP contribution >= 0.6 is 22.9 Å². The van der Waals surface area contributed by atoms with Crippen molar-refractivity contribution < 1.29 is 9.53 Å². The van der Waals surface area contributed by atoms with E-state index in [-0.39, 0.29) is 11.9 Å². The van der Waals surface area contributed by atoms with Crippen molar-refractivity contribution in [2.75, 3.05) is 39.4 Å². The van der Waals surface area contributed by atoms with Gasteiger partial charge in [-0.25, -0.2) is 0 Å². The van der Waals surface area contributed by atoms with Gasteiger partial charge in [0.2, 0.25) is 0 Å². The monoisotopic (exact) mass is 442 g/mol. The zero-order valence-corrected chi connectivity index (χ0v) is 18.1. The summed E-state index contributed by atoms with van der Waals surface area (Å²) in [7, 11) is 0. The Labute approximate surface area is 184 Å². The summed E-state index contributed by atoms with van der Waals surface area (Å²) >= 11 is 7.74. The highest BCUT2D eigenvalue weighted by Crippen LogP contribution is 2.44. The van der Waals surface area contributed by atoms with Crippen molar-refractivity contribution in [3.63, 3.8) is 0 Å². The Kier molecular flexibility index (Phi) is 5.60. The van der Waals surface area contributed by atoms with E-state index in [0.717, 1.165) is 61.0 Å². The van der Waals surface area contributed by atoms with Crippen LogP contribution in [0.1, 0.15) is 33.4 Å². The predicted molar refractivity (Wildman–Crippen MR) is 118 cm³/mol. The van der Waals surface area contributed by atoms with Gasteiger partial charge >= 0.3 is 0 Å². The Morgan fingerprint density at radius 2 is 1.97 bits per heavy atom. The van der Waals surface area contributed by atoms with Gasteiger partial charge in [-0.2, -0.15) is 5.10 Å². The van der Waals surface area contributed by atoms with E-state index in [1.54, 1.807) is 11.3 Å². The van der Waals surface area contributed by atoms with Crippen LogP contribution in [0.5, 0.6) is 0 Å². The maximum Gasteiger partial charge on any atom is 0.273 e. The van der Waals surface area contributed by atoms with Crippen molar-refractivity contribution in [2.24, 2.45) is 0 Å². The summed E-state index contributed by atoms with van der Waals surface area (Å²) in [6.45, 7) is 5.20. The molecule has 30 heavy (non-hydrogen) atoms. The zero-order valence-electron chi connectivity index (χ0n) is 16.5. The molecule has 1 fully saturated rings. The van der Waals surface area contributed by atoms with Crippen LogP contribution in [0, 0.1) is 0 Å². The minimum Gasteiger partial charge on any atom is -0.379 e. The van der Waals surface area contributed by atoms with Crippen molar-refractivity contribution in [3.8, 4) is 11.3 Å². The van der Waals surface area contributed by atoms with Crippen LogP contribution in [0.15, 0.2) is 41.8 Å². The molecule has 8 heteroatoms. The van der Waals surface area contributed by atoms with Gasteiger partial charge in [-0.3, -0.25) is 14.8 Å². The SMILES string of the molecule is O=C1c2[nH]nc(-c3ccc(Cl)cc3)c2C(c2cccs2)N1CCCN1CCOCC1. The van der Waals surface area contributed by atoms with E-state index in [4.69, 9.17) is 16.3 Å². The Morgan fingerprint density at radius 1 is 1.17 bits per heavy atom. The van der Waals surface area contributed by atoms with Crippen LogP contribution in [0.2, 0.25) is 5.02 Å². The molecule has 1 atom stereocenters. The highest BCUT2D eigenvalue weighted by Gasteiger charge is 2.42. The fourth-order valence-electron chi connectivity index (χ4n) is 4.29. The number of nitrogens with one attached hydrogen (secondary N) is 1. The summed E-state index contributed by atoms with van der Waals surface area (Å²) in [6.07, 6.45) is 0.932. The number of H-pyrrole nitrogens is 1. The number of benzene rings is 1. The van der Waals surface area contributed by atoms with Crippen LogP contribution in [-0.2, 0) is 4.74 Å². The Hall–Kier alpha value is -2.19. The second kappa shape index (κ2) is 8.51. The first-order valence-electron chi connectivity index (χ1n) is 10.2. The zero-order chi connectivity index (χ0) is 20.5. The summed E-state index contributed by atoms with van der Waals surface area (Å²) in [6, 6.07) is 11.7. The fourth-order valence-corrected chi connectivity index (χ4v) is 5.26. The molecule has 1 saturated heterocycles. The standard InChI is InChI=1S/C22H23ClN4O2S/c23-16-6-4-15(5-7-16)19-18-20(25-24-19)22(28)27(21(18)17-3-1-14-30-17)9-2-8-26-10-12-29-13-11-26/h1,3-7,14,21H,2,8-13H2,(H,24,25). The second-order valence-corrected chi connectivity index (χ2v) is 9.01. The molecule has 0 spiro atoms.